The molecule has 0 N–H and O–H groups in total. The van der Waals surface area contributed by atoms with Crippen LogP contribution in [0.2, 0.25) is 0 Å². The molecule has 1 aromatic rings. The van der Waals surface area contributed by atoms with Gasteiger partial charge in [-0.3, -0.25) is 0 Å². The van der Waals surface area contributed by atoms with Gasteiger partial charge in [-0.2, -0.15) is 0 Å². The zero-order valence-electron chi connectivity index (χ0n) is 7.57. The Morgan fingerprint density at radius 1 is 1.21 bits per heavy atom. The smallest absolute Gasteiger partial charge is 0.150 e. The predicted octanol–water partition coefficient (Wildman–Crippen LogP) is 1.82. The second-order valence-electron chi connectivity index (χ2n) is 3.62. The molecule has 0 radical (unpaired) electrons. The van der Waals surface area contributed by atoms with Crippen LogP contribution in [0.15, 0.2) is 24.3 Å². The van der Waals surface area contributed by atoms with Crippen LogP contribution >= 0.6 is 0 Å². The maximum atomic E-state index is 13.4. The molecule has 1 saturated carbocycles. The van der Waals surface area contributed by atoms with Gasteiger partial charge in [0.1, 0.15) is 16.5 Å². The summed E-state index contributed by atoms with van der Waals surface area (Å²) >= 11 is 0. The summed E-state index contributed by atoms with van der Waals surface area (Å²) in [4.78, 5) is 0. The molecule has 0 aliphatic heterocycles. The highest BCUT2D eigenvalue weighted by atomic mass is 32.2. The molecule has 2 nitrogen and oxygen atoms in total. The Morgan fingerprint density at radius 3 is 2.29 bits per heavy atom. The number of hydrogen-bond acceptors (Lipinski definition) is 2. The first-order chi connectivity index (χ1) is 6.67. The highest BCUT2D eigenvalue weighted by molar-refractivity contribution is 7.73. The second kappa shape index (κ2) is 3.35. The van der Waals surface area contributed by atoms with E-state index in [-0.39, 0.29) is 0 Å². The number of rotatable bonds is 2. The van der Waals surface area contributed by atoms with Gasteiger partial charge in [0.05, 0.1) is 4.75 Å². The number of hydrogen-bond donors (Lipinski definition) is 1. The summed E-state index contributed by atoms with van der Waals surface area (Å²) in [6, 6.07) is 6.13. The van der Waals surface area contributed by atoms with Gasteiger partial charge >= 0.3 is 0 Å². The molecule has 14 heavy (non-hydrogen) atoms. The molecule has 1 fully saturated rings. The van der Waals surface area contributed by atoms with E-state index in [9.17, 15) is 12.8 Å². The summed E-state index contributed by atoms with van der Waals surface area (Å²) in [5.74, 6) is -0.411. The summed E-state index contributed by atoms with van der Waals surface area (Å²) in [7, 11) is -2.59. The van der Waals surface area contributed by atoms with Crippen LogP contribution in [0.3, 0.4) is 0 Å². The highest BCUT2D eigenvalue weighted by Crippen LogP contribution is 2.45. The fourth-order valence-corrected chi connectivity index (χ4v) is 2.96. The monoisotopic (exact) mass is 214 g/mol. The van der Waals surface area contributed by atoms with Crippen molar-refractivity contribution < 1.29 is 12.8 Å². The lowest BCUT2D eigenvalue weighted by Gasteiger charge is -2.36. The van der Waals surface area contributed by atoms with Crippen molar-refractivity contribution >= 4 is 10.7 Å². The first-order valence-electron chi connectivity index (χ1n) is 4.56. The molecule has 76 valence electrons. The third-order valence-electron chi connectivity index (χ3n) is 2.91. The summed E-state index contributed by atoms with van der Waals surface area (Å²) in [6.45, 7) is 0. The van der Waals surface area contributed by atoms with E-state index in [0.29, 0.717) is 18.4 Å². The summed E-state index contributed by atoms with van der Waals surface area (Å²) in [6.07, 6.45) is 1.96. The second-order valence-corrected chi connectivity index (χ2v) is 4.99. The number of benzene rings is 1. The minimum absolute atomic E-state index is 0.336. The van der Waals surface area contributed by atoms with Crippen LogP contribution in [-0.4, -0.2) is 8.42 Å². The van der Waals surface area contributed by atoms with E-state index in [1.54, 1.807) is 18.2 Å². The fourth-order valence-electron chi connectivity index (χ4n) is 1.90. The van der Waals surface area contributed by atoms with Crippen LogP contribution < -0.4 is 0 Å². The lowest BCUT2D eigenvalue weighted by Crippen LogP contribution is -2.36. The largest absolute Gasteiger partial charge is 0.231 e. The van der Waals surface area contributed by atoms with Gasteiger partial charge in [-0.1, -0.05) is 18.2 Å². The van der Waals surface area contributed by atoms with Crippen LogP contribution in [0.4, 0.5) is 4.39 Å². The maximum absolute atomic E-state index is 13.4. The van der Waals surface area contributed by atoms with E-state index < -0.39 is 21.3 Å². The third-order valence-corrected chi connectivity index (χ3v) is 4.29. The molecule has 1 aromatic carbocycles. The SMILES string of the molecule is O=[SH](=O)C1(c2ccccc2F)CCC1. The standard InChI is InChI=1S/C10H11FO2S/c11-9-5-2-1-4-8(9)10(14(12)13)6-3-7-10/h1-2,4-5,14H,3,6-7H2. The Kier molecular flexibility index (Phi) is 2.31. The molecular weight excluding hydrogens is 203 g/mol. The first-order valence-corrected chi connectivity index (χ1v) is 5.74. The van der Waals surface area contributed by atoms with Gasteiger partial charge in [0.2, 0.25) is 0 Å². The molecule has 0 bridgehead atoms. The fraction of sp³-hybridized carbons (Fsp3) is 0.400. The molecule has 0 aromatic heterocycles. The summed E-state index contributed by atoms with van der Waals surface area (Å²) < 4.78 is 34.7. The Balaban J connectivity index is 2.52. The van der Waals surface area contributed by atoms with Crippen LogP contribution in [-0.2, 0) is 15.5 Å². The van der Waals surface area contributed by atoms with Crippen molar-refractivity contribution in [2.75, 3.05) is 0 Å². The van der Waals surface area contributed by atoms with E-state index >= 15 is 0 Å². The minimum atomic E-state index is -2.59. The van der Waals surface area contributed by atoms with E-state index in [1.165, 1.54) is 6.07 Å². The lowest BCUT2D eigenvalue weighted by molar-refractivity contribution is 0.341. The molecule has 0 amide bonds. The molecule has 0 unspecified atom stereocenters. The van der Waals surface area contributed by atoms with Crippen molar-refractivity contribution in [3.8, 4) is 0 Å². The molecule has 4 heteroatoms. The van der Waals surface area contributed by atoms with Crippen LogP contribution in [0.5, 0.6) is 0 Å². The van der Waals surface area contributed by atoms with Crippen molar-refractivity contribution in [3.63, 3.8) is 0 Å². The van der Waals surface area contributed by atoms with Gasteiger partial charge < -0.3 is 0 Å². The van der Waals surface area contributed by atoms with Crippen LogP contribution in [0.1, 0.15) is 24.8 Å². The zero-order valence-corrected chi connectivity index (χ0v) is 8.47. The topological polar surface area (TPSA) is 34.1 Å². The van der Waals surface area contributed by atoms with E-state index in [0.717, 1.165) is 6.42 Å². The van der Waals surface area contributed by atoms with Crippen LogP contribution in [0.25, 0.3) is 0 Å². The Labute approximate surface area is 83.7 Å². The van der Waals surface area contributed by atoms with Gasteiger partial charge in [-0.25, -0.2) is 12.8 Å². The summed E-state index contributed by atoms with van der Waals surface area (Å²) in [5, 5.41) is 0. The van der Waals surface area contributed by atoms with Gasteiger partial charge in [0.25, 0.3) is 0 Å². The van der Waals surface area contributed by atoms with Crippen molar-refractivity contribution in [3.05, 3.63) is 35.6 Å². The quantitative estimate of drug-likeness (QED) is 0.762. The number of halogens is 1. The molecule has 0 heterocycles. The van der Waals surface area contributed by atoms with Crippen molar-refractivity contribution in [1.82, 2.24) is 0 Å². The minimum Gasteiger partial charge on any atom is -0.231 e. The average molecular weight is 214 g/mol. The van der Waals surface area contributed by atoms with Gasteiger partial charge in [-0.05, 0) is 25.3 Å². The Morgan fingerprint density at radius 2 is 1.86 bits per heavy atom. The molecule has 2 rings (SSSR count). The van der Waals surface area contributed by atoms with Gasteiger partial charge in [0, 0.05) is 5.56 Å². The zero-order chi connectivity index (χ0) is 10.2. The van der Waals surface area contributed by atoms with E-state index in [2.05, 4.69) is 0 Å². The van der Waals surface area contributed by atoms with E-state index in [4.69, 9.17) is 0 Å². The van der Waals surface area contributed by atoms with Gasteiger partial charge in [-0.15, -0.1) is 0 Å². The van der Waals surface area contributed by atoms with Crippen molar-refractivity contribution in [1.29, 1.82) is 0 Å². The average Bonchev–Trinajstić information content (AvgIpc) is 2.05. The van der Waals surface area contributed by atoms with Crippen molar-refractivity contribution in [2.45, 2.75) is 24.0 Å². The Hall–Kier alpha value is -0.900. The molecule has 1 aliphatic rings. The van der Waals surface area contributed by atoms with Gasteiger partial charge in [0.15, 0.2) is 0 Å². The molecule has 0 spiro atoms. The molecule has 0 atom stereocenters. The number of thiol groups is 1. The maximum Gasteiger partial charge on any atom is 0.150 e. The summed E-state index contributed by atoms with van der Waals surface area (Å²) in [5.41, 5.74) is 0.336. The molecular formula is C10H11FO2S. The third kappa shape index (κ3) is 1.25. The van der Waals surface area contributed by atoms with Crippen LogP contribution in [0, 0.1) is 5.82 Å². The Bertz CT molecular complexity index is 414. The van der Waals surface area contributed by atoms with Crippen molar-refractivity contribution in [2.24, 2.45) is 0 Å². The molecule has 1 aliphatic carbocycles. The highest BCUT2D eigenvalue weighted by Gasteiger charge is 2.43. The normalized spacial score (nSPS) is 19.3. The first kappa shape index (κ1) is 9.65. The predicted molar refractivity (Wildman–Crippen MR) is 52.2 cm³/mol. The lowest BCUT2D eigenvalue weighted by atomic mass is 9.78. The van der Waals surface area contributed by atoms with E-state index in [1.807, 2.05) is 0 Å². The molecule has 0 saturated heterocycles.